The average Bonchev–Trinajstić information content (AvgIpc) is 2.46. The number of amides is 1. The molecule has 0 saturated heterocycles. The number of rotatable bonds is 4. The van der Waals surface area contributed by atoms with Crippen LogP contribution in [0.4, 0.5) is 5.69 Å². The summed E-state index contributed by atoms with van der Waals surface area (Å²) in [6.45, 7) is 0. The number of nitrogens with zero attached hydrogens (tertiary/aromatic N) is 1. The van der Waals surface area contributed by atoms with Crippen molar-refractivity contribution in [3.63, 3.8) is 0 Å². The van der Waals surface area contributed by atoms with Crippen molar-refractivity contribution < 1.29 is 19.4 Å². The van der Waals surface area contributed by atoms with E-state index in [4.69, 9.17) is 9.47 Å². The van der Waals surface area contributed by atoms with Crippen LogP contribution in [0.15, 0.2) is 36.7 Å². The summed E-state index contributed by atoms with van der Waals surface area (Å²) < 4.78 is 10.2. The summed E-state index contributed by atoms with van der Waals surface area (Å²) in [5.74, 6) is 0.673. The van der Waals surface area contributed by atoms with Crippen LogP contribution in [0.1, 0.15) is 10.4 Å². The van der Waals surface area contributed by atoms with Gasteiger partial charge in [0.15, 0.2) is 0 Å². The highest BCUT2D eigenvalue weighted by Gasteiger charge is 2.09. The first-order valence-corrected chi connectivity index (χ1v) is 5.81. The highest BCUT2D eigenvalue weighted by molar-refractivity contribution is 6.04. The zero-order valence-electron chi connectivity index (χ0n) is 11.1. The molecule has 1 aromatic heterocycles. The number of carbonyl (C=O) groups excluding carboxylic acids is 1. The Bertz CT molecular complexity index is 606. The average molecular weight is 274 g/mol. The molecule has 0 atom stereocenters. The number of aromatic nitrogens is 1. The standard InChI is InChI=1S/C14H14N2O4/c1-19-12-4-10(5-13(6-12)20-2)16-14(18)9-3-11(17)8-15-7-9/h3-8,17H,1-2H3,(H,16,18). The second kappa shape index (κ2) is 5.92. The Hall–Kier alpha value is -2.76. The summed E-state index contributed by atoms with van der Waals surface area (Å²) in [7, 11) is 3.05. The van der Waals surface area contributed by atoms with Gasteiger partial charge in [0.1, 0.15) is 17.2 Å². The van der Waals surface area contributed by atoms with Gasteiger partial charge in [-0.05, 0) is 6.07 Å². The summed E-state index contributed by atoms with van der Waals surface area (Å²) in [6.07, 6.45) is 2.62. The lowest BCUT2D eigenvalue weighted by molar-refractivity contribution is 0.102. The molecular formula is C14H14N2O4. The van der Waals surface area contributed by atoms with Crippen molar-refractivity contribution in [3.8, 4) is 17.2 Å². The number of ether oxygens (including phenoxy) is 2. The predicted molar refractivity (Wildman–Crippen MR) is 73.4 cm³/mol. The predicted octanol–water partition coefficient (Wildman–Crippen LogP) is 2.06. The molecule has 1 aromatic carbocycles. The van der Waals surface area contributed by atoms with E-state index in [0.29, 0.717) is 17.2 Å². The summed E-state index contributed by atoms with van der Waals surface area (Å²) >= 11 is 0. The molecule has 20 heavy (non-hydrogen) atoms. The number of carbonyl (C=O) groups is 1. The highest BCUT2D eigenvalue weighted by atomic mass is 16.5. The van der Waals surface area contributed by atoms with Crippen molar-refractivity contribution in [2.24, 2.45) is 0 Å². The Kier molecular flexibility index (Phi) is 4.05. The monoisotopic (exact) mass is 274 g/mol. The van der Waals surface area contributed by atoms with Crippen LogP contribution >= 0.6 is 0 Å². The molecule has 0 bridgehead atoms. The van der Waals surface area contributed by atoms with Crippen molar-refractivity contribution >= 4 is 11.6 Å². The number of nitrogens with one attached hydrogen (secondary N) is 1. The molecule has 0 aliphatic rings. The third kappa shape index (κ3) is 3.17. The van der Waals surface area contributed by atoms with Gasteiger partial charge in [-0.25, -0.2) is 0 Å². The smallest absolute Gasteiger partial charge is 0.257 e. The second-order valence-electron chi connectivity index (χ2n) is 3.99. The number of anilines is 1. The lowest BCUT2D eigenvalue weighted by Crippen LogP contribution is -2.12. The molecule has 0 radical (unpaired) electrons. The minimum Gasteiger partial charge on any atom is -0.506 e. The van der Waals surface area contributed by atoms with Gasteiger partial charge in [0.25, 0.3) is 5.91 Å². The number of hydrogen-bond donors (Lipinski definition) is 2. The third-order valence-electron chi connectivity index (χ3n) is 2.60. The Labute approximate surface area is 116 Å². The summed E-state index contributed by atoms with van der Waals surface area (Å²) in [5, 5.41) is 12.0. The lowest BCUT2D eigenvalue weighted by Gasteiger charge is -2.09. The molecule has 104 valence electrons. The van der Waals surface area contributed by atoms with Gasteiger partial charge in [0, 0.05) is 30.1 Å². The van der Waals surface area contributed by atoms with E-state index in [1.807, 2.05) is 0 Å². The van der Waals surface area contributed by atoms with Gasteiger partial charge in [-0.3, -0.25) is 9.78 Å². The van der Waals surface area contributed by atoms with Crippen LogP contribution in [0.3, 0.4) is 0 Å². The van der Waals surface area contributed by atoms with E-state index in [1.54, 1.807) is 18.2 Å². The number of pyridine rings is 1. The molecule has 0 fully saturated rings. The van der Waals surface area contributed by atoms with E-state index in [-0.39, 0.29) is 17.2 Å². The quantitative estimate of drug-likeness (QED) is 0.892. The van der Waals surface area contributed by atoms with E-state index < -0.39 is 0 Å². The maximum Gasteiger partial charge on any atom is 0.257 e. The van der Waals surface area contributed by atoms with Crippen molar-refractivity contribution in [1.82, 2.24) is 4.98 Å². The zero-order valence-corrected chi connectivity index (χ0v) is 11.1. The van der Waals surface area contributed by atoms with Crippen LogP contribution in [-0.2, 0) is 0 Å². The Morgan fingerprint density at radius 2 is 1.75 bits per heavy atom. The zero-order chi connectivity index (χ0) is 14.5. The van der Waals surface area contributed by atoms with Crippen molar-refractivity contribution in [2.75, 3.05) is 19.5 Å². The van der Waals surface area contributed by atoms with Crippen LogP contribution in [0.2, 0.25) is 0 Å². The first-order chi connectivity index (χ1) is 9.62. The third-order valence-corrected chi connectivity index (χ3v) is 2.60. The highest BCUT2D eigenvalue weighted by Crippen LogP contribution is 2.26. The van der Waals surface area contributed by atoms with Crippen LogP contribution in [-0.4, -0.2) is 30.2 Å². The number of methoxy groups -OCH3 is 2. The topological polar surface area (TPSA) is 80.7 Å². The fourth-order valence-electron chi connectivity index (χ4n) is 1.63. The first-order valence-electron chi connectivity index (χ1n) is 5.81. The molecule has 0 spiro atoms. The maximum absolute atomic E-state index is 12.0. The fraction of sp³-hybridized carbons (Fsp3) is 0.143. The van der Waals surface area contributed by atoms with E-state index in [1.165, 1.54) is 32.7 Å². The van der Waals surface area contributed by atoms with Gasteiger partial charge < -0.3 is 19.9 Å². The molecule has 2 rings (SSSR count). The Morgan fingerprint density at radius 1 is 1.10 bits per heavy atom. The molecule has 0 aliphatic carbocycles. The van der Waals surface area contributed by atoms with E-state index in [9.17, 15) is 9.90 Å². The molecule has 6 nitrogen and oxygen atoms in total. The van der Waals surface area contributed by atoms with Gasteiger partial charge in [-0.2, -0.15) is 0 Å². The maximum atomic E-state index is 12.0. The van der Waals surface area contributed by atoms with Crippen molar-refractivity contribution in [1.29, 1.82) is 0 Å². The molecule has 6 heteroatoms. The van der Waals surface area contributed by atoms with E-state index >= 15 is 0 Å². The molecule has 1 heterocycles. The lowest BCUT2D eigenvalue weighted by atomic mass is 10.2. The van der Waals surface area contributed by atoms with Gasteiger partial charge in [0.05, 0.1) is 26.0 Å². The number of aromatic hydroxyl groups is 1. The molecule has 0 saturated carbocycles. The SMILES string of the molecule is COc1cc(NC(=O)c2cncc(O)c2)cc(OC)c1. The summed E-state index contributed by atoms with van der Waals surface area (Å²) in [6, 6.07) is 6.36. The van der Waals surface area contributed by atoms with Crippen LogP contribution in [0.5, 0.6) is 17.2 Å². The largest absolute Gasteiger partial charge is 0.506 e. The minimum absolute atomic E-state index is 0.0686. The molecular weight excluding hydrogens is 260 g/mol. The molecule has 2 N–H and O–H groups in total. The molecule has 0 unspecified atom stereocenters. The molecule has 0 aliphatic heterocycles. The minimum atomic E-state index is -0.385. The molecule has 2 aromatic rings. The van der Waals surface area contributed by atoms with Gasteiger partial charge in [0.2, 0.25) is 0 Å². The van der Waals surface area contributed by atoms with E-state index in [0.717, 1.165) is 0 Å². The van der Waals surface area contributed by atoms with Gasteiger partial charge in [-0.1, -0.05) is 0 Å². The van der Waals surface area contributed by atoms with Gasteiger partial charge >= 0.3 is 0 Å². The number of hydrogen-bond acceptors (Lipinski definition) is 5. The normalized spacial score (nSPS) is 9.90. The first kappa shape index (κ1) is 13.7. The van der Waals surface area contributed by atoms with Crippen LogP contribution in [0, 0.1) is 0 Å². The summed E-state index contributed by atoms with van der Waals surface area (Å²) in [5.41, 5.74) is 0.779. The Morgan fingerprint density at radius 3 is 2.30 bits per heavy atom. The fourth-order valence-corrected chi connectivity index (χ4v) is 1.63. The Balaban J connectivity index is 2.23. The van der Waals surface area contributed by atoms with Crippen LogP contribution < -0.4 is 14.8 Å². The van der Waals surface area contributed by atoms with E-state index in [2.05, 4.69) is 10.3 Å². The van der Waals surface area contributed by atoms with Gasteiger partial charge in [-0.15, -0.1) is 0 Å². The van der Waals surface area contributed by atoms with Crippen LogP contribution in [0.25, 0.3) is 0 Å². The van der Waals surface area contributed by atoms with Crippen molar-refractivity contribution in [3.05, 3.63) is 42.2 Å². The number of benzene rings is 1. The summed E-state index contributed by atoms with van der Waals surface area (Å²) in [4.78, 5) is 15.8. The van der Waals surface area contributed by atoms with Crippen molar-refractivity contribution in [2.45, 2.75) is 0 Å². The second-order valence-corrected chi connectivity index (χ2v) is 3.99. The molecule has 1 amide bonds.